The summed E-state index contributed by atoms with van der Waals surface area (Å²) in [4.78, 5) is 14.2. The highest BCUT2D eigenvalue weighted by Gasteiger charge is 2.14. The van der Waals surface area contributed by atoms with Gasteiger partial charge in [0.25, 0.3) is 0 Å². The van der Waals surface area contributed by atoms with Gasteiger partial charge in [-0.15, -0.1) is 0 Å². The van der Waals surface area contributed by atoms with Crippen LogP contribution in [0.2, 0.25) is 0 Å². The van der Waals surface area contributed by atoms with Crippen LogP contribution in [-0.2, 0) is 17.8 Å². The molecule has 5 nitrogen and oxygen atoms in total. The molecular formula is C22H28F2N2O3. The van der Waals surface area contributed by atoms with E-state index in [1.54, 1.807) is 24.1 Å². The topological polar surface area (TPSA) is 50.8 Å². The lowest BCUT2D eigenvalue weighted by Crippen LogP contribution is -2.36. The Morgan fingerprint density at radius 2 is 1.76 bits per heavy atom. The molecule has 0 heterocycles. The number of methoxy groups -OCH3 is 1. The summed E-state index contributed by atoms with van der Waals surface area (Å²) in [6.45, 7) is 1.68. The number of alkyl halides is 2. The number of benzene rings is 2. The number of amides is 1. The summed E-state index contributed by atoms with van der Waals surface area (Å²) in [5, 5.41) is 2.98. The Kier molecular flexibility index (Phi) is 8.39. The van der Waals surface area contributed by atoms with Gasteiger partial charge >= 0.3 is 6.61 Å². The number of aryl methyl sites for hydroxylation is 1. The number of carbonyl (C=O) groups excluding carboxylic acids is 1. The first-order valence-corrected chi connectivity index (χ1v) is 9.50. The van der Waals surface area contributed by atoms with E-state index >= 15 is 0 Å². The van der Waals surface area contributed by atoms with E-state index in [1.807, 2.05) is 19.1 Å². The molecule has 2 aromatic carbocycles. The van der Waals surface area contributed by atoms with Crippen molar-refractivity contribution in [1.29, 1.82) is 0 Å². The van der Waals surface area contributed by atoms with Crippen molar-refractivity contribution in [2.24, 2.45) is 0 Å². The molecule has 0 spiro atoms. The minimum atomic E-state index is -2.93. The van der Waals surface area contributed by atoms with Crippen LogP contribution in [0, 0.1) is 0 Å². The molecule has 0 saturated heterocycles. The predicted octanol–water partition coefficient (Wildman–Crippen LogP) is 4.17. The van der Waals surface area contributed by atoms with Gasteiger partial charge in [-0.3, -0.25) is 9.69 Å². The highest BCUT2D eigenvalue weighted by molar-refractivity contribution is 5.78. The number of carbonyl (C=O) groups is 1. The molecule has 1 atom stereocenters. The zero-order valence-electron chi connectivity index (χ0n) is 17.2. The van der Waals surface area contributed by atoms with E-state index in [-0.39, 0.29) is 30.0 Å². The largest absolute Gasteiger partial charge is 0.493 e. The molecule has 1 unspecified atom stereocenters. The molecular weight excluding hydrogens is 378 g/mol. The van der Waals surface area contributed by atoms with Gasteiger partial charge in [0.15, 0.2) is 11.5 Å². The van der Waals surface area contributed by atoms with E-state index in [9.17, 15) is 13.6 Å². The van der Waals surface area contributed by atoms with Crippen LogP contribution < -0.4 is 14.8 Å². The van der Waals surface area contributed by atoms with Crippen LogP contribution in [-0.4, -0.2) is 38.1 Å². The van der Waals surface area contributed by atoms with Crippen molar-refractivity contribution in [3.05, 3.63) is 59.2 Å². The number of hydrogen-bond donors (Lipinski definition) is 1. The molecule has 0 aromatic heterocycles. The predicted molar refractivity (Wildman–Crippen MR) is 108 cm³/mol. The zero-order valence-corrected chi connectivity index (χ0v) is 17.2. The maximum Gasteiger partial charge on any atom is 0.387 e. The summed E-state index contributed by atoms with van der Waals surface area (Å²) in [6.07, 6.45) is 0.973. The van der Waals surface area contributed by atoms with Crippen molar-refractivity contribution >= 4 is 5.91 Å². The fourth-order valence-corrected chi connectivity index (χ4v) is 3.03. The molecule has 0 fully saturated rings. The molecule has 2 aromatic rings. The fourth-order valence-electron chi connectivity index (χ4n) is 3.03. The Hall–Kier alpha value is -2.67. The van der Waals surface area contributed by atoms with Gasteiger partial charge in [0.1, 0.15) is 0 Å². The first-order valence-electron chi connectivity index (χ1n) is 9.50. The molecule has 7 heteroatoms. The minimum absolute atomic E-state index is 0.0259. The van der Waals surface area contributed by atoms with Crippen molar-refractivity contribution in [1.82, 2.24) is 10.2 Å². The lowest BCUT2D eigenvalue weighted by Gasteiger charge is -2.20. The normalized spacial score (nSPS) is 12.1. The van der Waals surface area contributed by atoms with Crippen molar-refractivity contribution in [2.75, 3.05) is 20.7 Å². The first kappa shape index (κ1) is 22.6. The van der Waals surface area contributed by atoms with Crippen LogP contribution in [0.15, 0.2) is 42.5 Å². The van der Waals surface area contributed by atoms with E-state index in [0.717, 1.165) is 17.5 Å². The van der Waals surface area contributed by atoms with Crippen LogP contribution in [0.1, 0.15) is 36.6 Å². The van der Waals surface area contributed by atoms with Crippen LogP contribution in [0.4, 0.5) is 8.78 Å². The van der Waals surface area contributed by atoms with Crippen molar-refractivity contribution < 1.29 is 23.0 Å². The average molecular weight is 406 g/mol. The molecule has 0 radical (unpaired) electrons. The van der Waals surface area contributed by atoms with Gasteiger partial charge in [-0.25, -0.2) is 0 Å². The number of hydrogen-bond acceptors (Lipinski definition) is 4. The monoisotopic (exact) mass is 406 g/mol. The van der Waals surface area contributed by atoms with Crippen LogP contribution in [0.3, 0.4) is 0 Å². The Morgan fingerprint density at radius 1 is 1.10 bits per heavy atom. The Balaban J connectivity index is 1.92. The molecule has 0 aliphatic heterocycles. The van der Waals surface area contributed by atoms with Gasteiger partial charge in [-0.1, -0.05) is 37.3 Å². The third-order valence-corrected chi connectivity index (χ3v) is 4.58. The standard InChI is InChI=1S/C22H28F2N2O3/c1-5-16-6-9-18(10-7-16)15(2)25-21(27)14-26(3)13-17-8-11-19(28-4)20(12-17)29-22(23)24/h6-12,15,22H,5,13-14H2,1-4H3,(H,25,27). The SMILES string of the molecule is CCc1ccc(C(C)NC(=O)CN(C)Cc2ccc(OC)c(OC(F)F)c2)cc1. The molecule has 158 valence electrons. The maximum absolute atomic E-state index is 12.6. The zero-order chi connectivity index (χ0) is 21.4. The number of ether oxygens (including phenoxy) is 2. The Morgan fingerprint density at radius 3 is 2.34 bits per heavy atom. The van der Waals surface area contributed by atoms with Crippen molar-refractivity contribution in [2.45, 2.75) is 39.5 Å². The minimum Gasteiger partial charge on any atom is -0.493 e. The first-order chi connectivity index (χ1) is 13.8. The molecule has 0 bridgehead atoms. The van der Waals surface area contributed by atoms with Crippen LogP contribution in [0.25, 0.3) is 0 Å². The summed E-state index contributed by atoms with van der Waals surface area (Å²) in [5.74, 6) is 0.0940. The summed E-state index contributed by atoms with van der Waals surface area (Å²) in [6, 6.07) is 12.9. The van der Waals surface area contributed by atoms with Gasteiger partial charge < -0.3 is 14.8 Å². The third-order valence-electron chi connectivity index (χ3n) is 4.58. The highest BCUT2D eigenvalue weighted by Crippen LogP contribution is 2.29. The molecule has 1 amide bonds. The number of nitrogens with one attached hydrogen (secondary N) is 1. The van der Waals surface area contributed by atoms with Gasteiger partial charge in [0.2, 0.25) is 5.91 Å². The second-order valence-corrected chi connectivity index (χ2v) is 6.92. The summed E-state index contributed by atoms with van der Waals surface area (Å²) < 4.78 is 34.7. The van der Waals surface area contributed by atoms with Crippen molar-refractivity contribution in [3.63, 3.8) is 0 Å². The van der Waals surface area contributed by atoms with E-state index in [2.05, 4.69) is 29.1 Å². The lowest BCUT2D eigenvalue weighted by atomic mass is 10.1. The lowest BCUT2D eigenvalue weighted by molar-refractivity contribution is -0.122. The van der Waals surface area contributed by atoms with Gasteiger partial charge in [0, 0.05) is 6.54 Å². The van der Waals surface area contributed by atoms with E-state index in [1.165, 1.54) is 18.7 Å². The molecule has 0 aliphatic rings. The molecule has 0 aliphatic carbocycles. The van der Waals surface area contributed by atoms with Crippen LogP contribution >= 0.6 is 0 Å². The molecule has 1 N–H and O–H groups in total. The molecule has 0 saturated carbocycles. The van der Waals surface area contributed by atoms with Crippen LogP contribution in [0.5, 0.6) is 11.5 Å². The maximum atomic E-state index is 12.6. The van der Waals surface area contributed by atoms with E-state index < -0.39 is 6.61 Å². The highest BCUT2D eigenvalue weighted by atomic mass is 19.3. The number of halogens is 2. The Labute approximate surface area is 170 Å². The third kappa shape index (κ3) is 7.02. The second kappa shape index (κ2) is 10.8. The second-order valence-electron chi connectivity index (χ2n) is 6.92. The van der Waals surface area contributed by atoms with Crippen molar-refractivity contribution in [3.8, 4) is 11.5 Å². The van der Waals surface area contributed by atoms with Gasteiger partial charge in [-0.05, 0) is 49.2 Å². The number of nitrogens with zero attached hydrogens (tertiary/aromatic N) is 1. The quantitative estimate of drug-likeness (QED) is 0.644. The van der Waals surface area contributed by atoms with E-state index in [4.69, 9.17) is 4.74 Å². The number of likely N-dealkylation sites (N-methyl/N-ethyl adjacent to an activating group) is 1. The summed E-state index contributed by atoms with van der Waals surface area (Å²) in [7, 11) is 3.18. The smallest absolute Gasteiger partial charge is 0.387 e. The molecule has 29 heavy (non-hydrogen) atoms. The summed E-state index contributed by atoms with van der Waals surface area (Å²) >= 11 is 0. The fraction of sp³-hybridized carbons (Fsp3) is 0.409. The van der Waals surface area contributed by atoms with E-state index in [0.29, 0.717) is 6.54 Å². The Bertz CT molecular complexity index is 797. The number of rotatable bonds is 10. The van der Waals surface area contributed by atoms with Gasteiger partial charge in [0.05, 0.1) is 19.7 Å². The average Bonchev–Trinajstić information content (AvgIpc) is 2.67. The summed E-state index contributed by atoms with van der Waals surface area (Å²) in [5.41, 5.74) is 3.03. The van der Waals surface area contributed by atoms with Gasteiger partial charge in [-0.2, -0.15) is 8.78 Å². The molecule has 2 rings (SSSR count).